The Labute approximate surface area is 168 Å². The molecule has 5 nitrogen and oxygen atoms in total. The lowest BCUT2D eigenvalue weighted by Crippen LogP contribution is -2.40. The number of carbonyl (C=O) groups is 1. The lowest BCUT2D eigenvalue weighted by atomic mass is 10.1. The van der Waals surface area contributed by atoms with Crippen LogP contribution >= 0.6 is 11.3 Å². The molecular formula is C22H22N4OS. The van der Waals surface area contributed by atoms with Gasteiger partial charge in [-0.15, -0.1) is 17.9 Å². The van der Waals surface area contributed by atoms with Crippen LogP contribution in [0.25, 0.3) is 10.2 Å². The summed E-state index contributed by atoms with van der Waals surface area (Å²) in [7, 11) is 0. The number of rotatable bonds is 8. The largest absolute Gasteiger partial charge is 0.338 e. The average molecular weight is 391 g/mol. The predicted octanol–water partition coefficient (Wildman–Crippen LogP) is 4.50. The van der Waals surface area contributed by atoms with Crippen LogP contribution in [0.15, 0.2) is 61.2 Å². The molecule has 6 heteroatoms. The first kappa shape index (κ1) is 19.6. The number of amides is 2. The van der Waals surface area contributed by atoms with E-state index in [4.69, 9.17) is 5.26 Å². The van der Waals surface area contributed by atoms with Crippen LogP contribution in [-0.2, 0) is 13.0 Å². The third-order valence-electron chi connectivity index (χ3n) is 4.25. The third kappa shape index (κ3) is 5.18. The molecule has 3 rings (SSSR count). The second-order valence-corrected chi connectivity index (χ2v) is 7.51. The second-order valence-electron chi connectivity index (χ2n) is 6.39. The highest BCUT2D eigenvalue weighted by molar-refractivity contribution is 7.18. The molecule has 0 aliphatic rings. The maximum atomic E-state index is 12.5. The molecule has 28 heavy (non-hydrogen) atoms. The van der Waals surface area contributed by atoms with Crippen molar-refractivity contribution in [3.8, 4) is 6.07 Å². The van der Waals surface area contributed by atoms with Crippen molar-refractivity contribution in [3.05, 3.63) is 77.3 Å². The van der Waals surface area contributed by atoms with E-state index in [-0.39, 0.29) is 6.03 Å². The Hall–Kier alpha value is -3.17. The van der Waals surface area contributed by atoms with E-state index in [0.29, 0.717) is 25.2 Å². The van der Waals surface area contributed by atoms with Gasteiger partial charge >= 0.3 is 6.03 Å². The highest BCUT2D eigenvalue weighted by Gasteiger charge is 2.12. The summed E-state index contributed by atoms with van der Waals surface area (Å²) < 4.78 is 1.19. The van der Waals surface area contributed by atoms with Gasteiger partial charge in [-0.05, 0) is 36.2 Å². The van der Waals surface area contributed by atoms with Crippen molar-refractivity contribution < 1.29 is 4.79 Å². The fourth-order valence-electron chi connectivity index (χ4n) is 2.91. The van der Waals surface area contributed by atoms with Crippen molar-refractivity contribution in [2.24, 2.45) is 0 Å². The number of nitrogens with one attached hydrogen (secondary N) is 1. The van der Waals surface area contributed by atoms with Crippen molar-refractivity contribution in [2.75, 3.05) is 13.1 Å². The first-order chi connectivity index (χ1) is 13.7. The molecule has 0 aliphatic heterocycles. The predicted molar refractivity (Wildman–Crippen MR) is 113 cm³/mol. The fraction of sp³-hybridized carbons (Fsp3) is 0.227. The maximum Gasteiger partial charge on any atom is 0.317 e. The van der Waals surface area contributed by atoms with Crippen LogP contribution in [0.3, 0.4) is 0 Å². The molecule has 1 N–H and O–H groups in total. The summed E-state index contributed by atoms with van der Waals surface area (Å²) in [4.78, 5) is 18.8. The Morgan fingerprint density at radius 1 is 1.29 bits per heavy atom. The Kier molecular flexibility index (Phi) is 6.77. The minimum Gasteiger partial charge on any atom is -0.338 e. The van der Waals surface area contributed by atoms with Crippen LogP contribution in [-0.4, -0.2) is 29.0 Å². The van der Waals surface area contributed by atoms with Crippen LogP contribution in [0.2, 0.25) is 0 Å². The highest BCUT2D eigenvalue weighted by Crippen LogP contribution is 2.22. The van der Waals surface area contributed by atoms with Gasteiger partial charge in [0.05, 0.1) is 26.9 Å². The first-order valence-electron chi connectivity index (χ1n) is 9.17. The number of carbonyl (C=O) groups excluding carboxylic acids is 1. The maximum absolute atomic E-state index is 12.5. The quantitative estimate of drug-likeness (QED) is 0.455. The second kappa shape index (κ2) is 9.67. The number of para-hydroxylation sites is 1. The minimum atomic E-state index is -0.133. The average Bonchev–Trinajstić information content (AvgIpc) is 3.14. The van der Waals surface area contributed by atoms with E-state index < -0.39 is 0 Å². The number of urea groups is 1. The van der Waals surface area contributed by atoms with E-state index in [1.54, 1.807) is 34.4 Å². The van der Waals surface area contributed by atoms with E-state index >= 15 is 0 Å². The van der Waals surface area contributed by atoms with E-state index in [1.165, 1.54) is 4.70 Å². The summed E-state index contributed by atoms with van der Waals surface area (Å²) in [5.41, 5.74) is 2.54. The molecule has 0 unspecified atom stereocenters. The number of nitrogens with zero attached hydrogens (tertiary/aromatic N) is 3. The van der Waals surface area contributed by atoms with Gasteiger partial charge in [-0.2, -0.15) is 5.26 Å². The fourth-order valence-corrected chi connectivity index (χ4v) is 3.92. The minimum absolute atomic E-state index is 0.133. The van der Waals surface area contributed by atoms with Gasteiger partial charge in [0.15, 0.2) is 0 Å². The number of hydrogen-bond acceptors (Lipinski definition) is 4. The van der Waals surface area contributed by atoms with Gasteiger partial charge in [0.25, 0.3) is 0 Å². The third-order valence-corrected chi connectivity index (χ3v) is 5.34. The van der Waals surface area contributed by atoms with E-state index in [9.17, 15) is 4.79 Å². The summed E-state index contributed by atoms with van der Waals surface area (Å²) in [6.07, 6.45) is 3.37. The number of thiazole rings is 1. The van der Waals surface area contributed by atoms with Crippen molar-refractivity contribution in [1.82, 2.24) is 15.2 Å². The number of aryl methyl sites for hydroxylation is 1. The molecule has 0 atom stereocenters. The van der Waals surface area contributed by atoms with Crippen LogP contribution in [0.5, 0.6) is 0 Å². The van der Waals surface area contributed by atoms with Crippen molar-refractivity contribution in [2.45, 2.75) is 19.4 Å². The molecule has 0 aliphatic carbocycles. The lowest BCUT2D eigenvalue weighted by molar-refractivity contribution is 0.201. The van der Waals surface area contributed by atoms with Gasteiger partial charge in [-0.1, -0.05) is 30.3 Å². The van der Waals surface area contributed by atoms with Gasteiger partial charge in [0.1, 0.15) is 0 Å². The number of fused-ring (bicyclic) bond motifs is 1. The number of hydrogen-bond donors (Lipinski definition) is 1. The monoisotopic (exact) mass is 390 g/mol. The molecule has 0 bridgehead atoms. The molecule has 1 aromatic heterocycles. The van der Waals surface area contributed by atoms with Crippen LogP contribution < -0.4 is 5.32 Å². The molecule has 0 saturated carbocycles. The normalized spacial score (nSPS) is 10.4. The Morgan fingerprint density at radius 3 is 2.93 bits per heavy atom. The first-order valence-corrected chi connectivity index (χ1v) is 9.98. The summed E-state index contributed by atoms with van der Waals surface area (Å²) in [6, 6.07) is 17.4. The zero-order valence-electron chi connectivity index (χ0n) is 15.6. The highest BCUT2D eigenvalue weighted by atomic mass is 32.1. The van der Waals surface area contributed by atoms with E-state index in [1.807, 2.05) is 30.3 Å². The zero-order valence-corrected chi connectivity index (χ0v) is 16.4. The Balaban J connectivity index is 1.50. The zero-order chi connectivity index (χ0) is 19.8. The van der Waals surface area contributed by atoms with Gasteiger partial charge in [0.2, 0.25) is 0 Å². The molecule has 2 aromatic carbocycles. The number of nitriles is 1. The summed E-state index contributed by atoms with van der Waals surface area (Å²) >= 11 is 1.70. The Bertz CT molecular complexity index is 972. The van der Waals surface area contributed by atoms with Gasteiger partial charge < -0.3 is 10.2 Å². The number of benzene rings is 2. The lowest BCUT2D eigenvalue weighted by Gasteiger charge is -2.22. The number of aromatic nitrogens is 1. The van der Waals surface area contributed by atoms with E-state index in [2.05, 4.69) is 29.0 Å². The SMILES string of the molecule is C=CCN(Cc1cccc(C#N)c1)C(=O)NCCCc1nc2ccccc2s1. The molecule has 3 aromatic rings. The van der Waals surface area contributed by atoms with Crippen LogP contribution in [0, 0.1) is 11.3 Å². The standard InChI is InChI=1S/C22H22N4OS/c1-2-13-26(16-18-8-5-7-17(14-18)15-23)22(27)24-12-6-11-21-25-19-9-3-4-10-20(19)28-21/h2-5,7-10,14H,1,6,11-13,16H2,(H,24,27). The van der Waals surface area contributed by atoms with Crippen molar-refractivity contribution >= 4 is 27.6 Å². The molecule has 0 fully saturated rings. The van der Waals surface area contributed by atoms with Crippen molar-refractivity contribution in [1.29, 1.82) is 5.26 Å². The molecular weight excluding hydrogens is 368 g/mol. The van der Waals surface area contributed by atoms with Gasteiger partial charge in [0, 0.05) is 26.1 Å². The molecule has 0 spiro atoms. The molecule has 0 saturated heterocycles. The molecule has 2 amide bonds. The summed E-state index contributed by atoms with van der Waals surface area (Å²) in [6.45, 7) is 5.20. The van der Waals surface area contributed by atoms with Crippen LogP contribution in [0.4, 0.5) is 4.79 Å². The van der Waals surface area contributed by atoms with E-state index in [0.717, 1.165) is 28.9 Å². The van der Waals surface area contributed by atoms with Crippen molar-refractivity contribution in [3.63, 3.8) is 0 Å². The molecule has 0 radical (unpaired) electrons. The van der Waals surface area contributed by atoms with Gasteiger partial charge in [-0.25, -0.2) is 9.78 Å². The van der Waals surface area contributed by atoms with Gasteiger partial charge in [-0.3, -0.25) is 0 Å². The topological polar surface area (TPSA) is 69.0 Å². The summed E-state index contributed by atoms with van der Waals surface area (Å²) in [5.74, 6) is 0. The Morgan fingerprint density at radius 2 is 2.14 bits per heavy atom. The van der Waals surface area contributed by atoms with Crippen LogP contribution in [0.1, 0.15) is 22.6 Å². The smallest absolute Gasteiger partial charge is 0.317 e. The molecule has 142 valence electrons. The molecule has 1 heterocycles. The summed E-state index contributed by atoms with van der Waals surface area (Å²) in [5, 5.41) is 13.1.